The summed E-state index contributed by atoms with van der Waals surface area (Å²) in [7, 11) is 3.71. The van der Waals surface area contributed by atoms with E-state index >= 15 is 0 Å². The molecule has 0 fully saturated rings. The highest BCUT2D eigenvalue weighted by Crippen LogP contribution is 2.16. The van der Waals surface area contributed by atoms with Crippen molar-refractivity contribution in [3.05, 3.63) is 30.6 Å². The second-order valence-electron chi connectivity index (χ2n) is 6.79. The van der Waals surface area contributed by atoms with Crippen LogP contribution in [-0.4, -0.2) is 51.5 Å². The van der Waals surface area contributed by atoms with E-state index in [1.165, 1.54) is 0 Å². The van der Waals surface area contributed by atoms with Crippen molar-refractivity contribution in [2.45, 2.75) is 32.2 Å². The standard InChI is InChI=1S/C17H24N6O3/c1-17(2,9-8-14(24)25)20-16(26)19-12-6-5-7-13(10-12)23-11-18-15(21-23)22(3)4/h5-7,10-11H,8-9H2,1-4H3,(H,24,25)(H2,19,20,26). The van der Waals surface area contributed by atoms with E-state index < -0.39 is 17.5 Å². The molecule has 2 rings (SSSR count). The number of hydrogen-bond donors (Lipinski definition) is 3. The molecule has 0 radical (unpaired) electrons. The molecular formula is C17H24N6O3. The third kappa shape index (κ3) is 5.47. The molecule has 9 nitrogen and oxygen atoms in total. The molecule has 0 aliphatic rings. The first-order valence-corrected chi connectivity index (χ1v) is 8.17. The zero-order valence-corrected chi connectivity index (χ0v) is 15.4. The number of aromatic nitrogens is 3. The number of nitrogens with one attached hydrogen (secondary N) is 2. The second kappa shape index (κ2) is 7.85. The third-order valence-electron chi connectivity index (χ3n) is 3.66. The van der Waals surface area contributed by atoms with Crippen molar-refractivity contribution in [1.82, 2.24) is 20.1 Å². The van der Waals surface area contributed by atoms with Crippen molar-refractivity contribution in [2.24, 2.45) is 0 Å². The number of rotatable bonds is 7. The Morgan fingerprint density at radius 3 is 2.65 bits per heavy atom. The predicted octanol–water partition coefficient (Wildman–Crippen LogP) is 2.10. The topological polar surface area (TPSA) is 112 Å². The van der Waals surface area contributed by atoms with Gasteiger partial charge in [0.2, 0.25) is 5.95 Å². The monoisotopic (exact) mass is 360 g/mol. The molecule has 0 saturated carbocycles. The maximum atomic E-state index is 12.2. The number of carboxylic acids is 1. The van der Waals surface area contributed by atoms with Gasteiger partial charge in [-0.15, -0.1) is 5.10 Å². The first kappa shape index (κ1) is 19.2. The first-order valence-electron chi connectivity index (χ1n) is 8.17. The van der Waals surface area contributed by atoms with Gasteiger partial charge >= 0.3 is 12.0 Å². The average molecular weight is 360 g/mol. The summed E-state index contributed by atoms with van der Waals surface area (Å²) in [6, 6.07) is 6.80. The van der Waals surface area contributed by atoms with Crippen LogP contribution < -0.4 is 15.5 Å². The molecule has 2 amide bonds. The molecule has 0 unspecified atom stereocenters. The lowest BCUT2D eigenvalue weighted by molar-refractivity contribution is -0.137. The number of anilines is 2. The average Bonchev–Trinajstić information content (AvgIpc) is 3.03. The van der Waals surface area contributed by atoms with E-state index in [0.717, 1.165) is 5.69 Å². The Bertz CT molecular complexity index is 784. The van der Waals surface area contributed by atoms with Gasteiger partial charge in [0, 0.05) is 31.7 Å². The molecule has 2 aromatic rings. The normalized spacial score (nSPS) is 11.1. The molecule has 3 N–H and O–H groups in total. The van der Waals surface area contributed by atoms with Gasteiger partial charge in [-0.1, -0.05) is 6.07 Å². The van der Waals surface area contributed by atoms with Crippen molar-refractivity contribution in [3.63, 3.8) is 0 Å². The minimum Gasteiger partial charge on any atom is -0.481 e. The third-order valence-corrected chi connectivity index (χ3v) is 3.66. The Labute approximate surface area is 152 Å². The molecule has 1 aromatic heterocycles. The van der Waals surface area contributed by atoms with Crippen LogP contribution in [0.5, 0.6) is 0 Å². The Kier molecular flexibility index (Phi) is 5.81. The highest BCUT2D eigenvalue weighted by atomic mass is 16.4. The lowest BCUT2D eigenvalue weighted by Crippen LogP contribution is -2.45. The predicted molar refractivity (Wildman–Crippen MR) is 98.8 cm³/mol. The molecule has 0 bridgehead atoms. The van der Waals surface area contributed by atoms with Gasteiger partial charge in [-0.2, -0.15) is 4.98 Å². The van der Waals surface area contributed by atoms with Gasteiger partial charge in [-0.25, -0.2) is 9.48 Å². The van der Waals surface area contributed by atoms with Crippen LogP contribution in [0.4, 0.5) is 16.4 Å². The van der Waals surface area contributed by atoms with Crippen LogP contribution in [-0.2, 0) is 4.79 Å². The summed E-state index contributed by atoms with van der Waals surface area (Å²) in [4.78, 5) is 28.9. The minimum atomic E-state index is -0.891. The van der Waals surface area contributed by atoms with E-state index in [0.29, 0.717) is 18.1 Å². The van der Waals surface area contributed by atoms with Crippen molar-refractivity contribution < 1.29 is 14.7 Å². The number of amides is 2. The zero-order valence-electron chi connectivity index (χ0n) is 15.4. The van der Waals surface area contributed by atoms with Gasteiger partial charge in [-0.05, 0) is 38.5 Å². The van der Waals surface area contributed by atoms with Crippen molar-refractivity contribution in [3.8, 4) is 5.69 Å². The van der Waals surface area contributed by atoms with Crippen LogP contribution in [0.3, 0.4) is 0 Å². The number of carboxylic acid groups (broad SMARTS) is 1. The highest BCUT2D eigenvalue weighted by molar-refractivity contribution is 5.90. The Morgan fingerprint density at radius 1 is 1.31 bits per heavy atom. The number of nitrogens with zero attached hydrogens (tertiary/aromatic N) is 4. The van der Waals surface area contributed by atoms with Crippen LogP contribution in [0.2, 0.25) is 0 Å². The smallest absolute Gasteiger partial charge is 0.319 e. The number of urea groups is 1. The van der Waals surface area contributed by atoms with E-state index in [9.17, 15) is 9.59 Å². The van der Waals surface area contributed by atoms with Gasteiger partial charge < -0.3 is 20.6 Å². The molecule has 26 heavy (non-hydrogen) atoms. The summed E-state index contributed by atoms with van der Waals surface area (Å²) in [6.07, 6.45) is 1.93. The molecule has 0 aliphatic heterocycles. The molecule has 9 heteroatoms. The van der Waals surface area contributed by atoms with E-state index in [4.69, 9.17) is 5.11 Å². The molecule has 1 aromatic carbocycles. The number of carbonyl (C=O) groups excluding carboxylic acids is 1. The van der Waals surface area contributed by atoms with Crippen molar-refractivity contribution in [2.75, 3.05) is 24.3 Å². The van der Waals surface area contributed by atoms with Gasteiger partial charge in [-0.3, -0.25) is 4.79 Å². The summed E-state index contributed by atoms with van der Waals surface area (Å²) in [5, 5.41) is 18.7. The fraction of sp³-hybridized carbons (Fsp3) is 0.412. The molecule has 1 heterocycles. The van der Waals surface area contributed by atoms with E-state index in [2.05, 4.69) is 20.7 Å². The summed E-state index contributed by atoms with van der Waals surface area (Å²) in [6.45, 7) is 3.56. The summed E-state index contributed by atoms with van der Waals surface area (Å²) in [5.41, 5.74) is 0.719. The fourth-order valence-corrected chi connectivity index (χ4v) is 2.26. The van der Waals surface area contributed by atoms with Gasteiger partial charge in [0.25, 0.3) is 0 Å². The Morgan fingerprint density at radius 2 is 2.04 bits per heavy atom. The summed E-state index contributed by atoms with van der Waals surface area (Å²) >= 11 is 0. The van der Waals surface area contributed by atoms with Crippen LogP contribution in [0.15, 0.2) is 30.6 Å². The SMILES string of the molecule is CN(C)c1ncn(-c2cccc(NC(=O)NC(C)(C)CCC(=O)O)c2)n1. The van der Waals surface area contributed by atoms with Crippen molar-refractivity contribution in [1.29, 1.82) is 0 Å². The molecular weight excluding hydrogens is 336 g/mol. The molecule has 0 atom stereocenters. The fourth-order valence-electron chi connectivity index (χ4n) is 2.26. The maximum absolute atomic E-state index is 12.2. The number of carbonyl (C=O) groups is 2. The van der Waals surface area contributed by atoms with Gasteiger partial charge in [0.1, 0.15) is 6.33 Å². The maximum Gasteiger partial charge on any atom is 0.319 e. The molecule has 140 valence electrons. The molecule has 0 aliphatic carbocycles. The number of hydrogen-bond acceptors (Lipinski definition) is 5. The Balaban J connectivity index is 2.03. The number of aliphatic carboxylic acids is 1. The molecule has 0 saturated heterocycles. The Hall–Kier alpha value is -3.10. The van der Waals surface area contributed by atoms with Gasteiger partial charge in [0.15, 0.2) is 0 Å². The summed E-state index contributed by atoms with van der Waals surface area (Å²) < 4.78 is 1.62. The highest BCUT2D eigenvalue weighted by Gasteiger charge is 2.21. The van der Waals surface area contributed by atoms with E-state index in [1.54, 1.807) is 48.0 Å². The summed E-state index contributed by atoms with van der Waals surface area (Å²) in [5.74, 6) is -0.306. The first-order chi connectivity index (χ1) is 12.2. The zero-order chi connectivity index (χ0) is 19.3. The number of benzene rings is 1. The van der Waals surface area contributed by atoms with Crippen LogP contribution in [0.1, 0.15) is 26.7 Å². The quantitative estimate of drug-likeness (QED) is 0.697. The van der Waals surface area contributed by atoms with E-state index in [1.807, 2.05) is 20.2 Å². The second-order valence-corrected chi connectivity index (χ2v) is 6.79. The van der Waals surface area contributed by atoms with Crippen molar-refractivity contribution >= 4 is 23.6 Å². The van der Waals surface area contributed by atoms with Gasteiger partial charge in [0.05, 0.1) is 5.69 Å². The van der Waals surface area contributed by atoms with E-state index in [-0.39, 0.29) is 6.42 Å². The molecule has 0 spiro atoms. The largest absolute Gasteiger partial charge is 0.481 e. The van der Waals surface area contributed by atoms with Crippen LogP contribution in [0, 0.1) is 0 Å². The lowest BCUT2D eigenvalue weighted by atomic mass is 9.99. The lowest BCUT2D eigenvalue weighted by Gasteiger charge is -2.25. The van der Waals surface area contributed by atoms with Crippen LogP contribution in [0.25, 0.3) is 5.69 Å². The van der Waals surface area contributed by atoms with Crippen LogP contribution >= 0.6 is 0 Å². The minimum absolute atomic E-state index is 0.0106.